The van der Waals surface area contributed by atoms with Gasteiger partial charge in [-0.05, 0) is 30.7 Å². The number of rotatable bonds is 4. The summed E-state index contributed by atoms with van der Waals surface area (Å²) in [5, 5.41) is -0.113. The highest BCUT2D eigenvalue weighted by Crippen LogP contribution is 2.47. The summed E-state index contributed by atoms with van der Waals surface area (Å²) < 4.78 is 33.1. The van der Waals surface area contributed by atoms with E-state index in [0.29, 0.717) is 12.1 Å². The van der Waals surface area contributed by atoms with E-state index >= 15 is 0 Å². The van der Waals surface area contributed by atoms with Crippen LogP contribution in [0, 0.1) is 11.6 Å². The van der Waals surface area contributed by atoms with Gasteiger partial charge in [0, 0.05) is 40.7 Å². The molecule has 4 rings (SSSR count). The molecule has 1 atom stereocenters. The molecule has 0 spiro atoms. The van der Waals surface area contributed by atoms with Crippen molar-refractivity contribution < 1.29 is 13.5 Å². The number of nitrogens with zero attached hydrogens (tertiary/aromatic N) is 2. The molecule has 0 saturated carbocycles. The summed E-state index contributed by atoms with van der Waals surface area (Å²) in [5.74, 6) is 0.556. The number of fused-ring (bicyclic) bond motifs is 1. The van der Waals surface area contributed by atoms with Crippen LogP contribution in [0.4, 0.5) is 14.5 Å². The fourth-order valence-corrected chi connectivity index (χ4v) is 4.64. The molecular weight excluding hydrogens is 368 g/mol. The first-order valence-corrected chi connectivity index (χ1v) is 9.55. The highest BCUT2D eigenvalue weighted by Gasteiger charge is 2.26. The third-order valence-electron chi connectivity index (χ3n) is 4.64. The van der Waals surface area contributed by atoms with E-state index in [0.717, 1.165) is 41.2 Å². The van der Waals surface area contributed by atoms with Crippen LogP contribution >= 0.6 is 11.8 Å². The van der Waals surface area contributed by atoms with Crippen LogP contribution in [0.1, 0.15) is 23.1 Å². The number of hydrogen-bond donors (Lipinski definition) is 1. The summed E-state index contributed by atoms with van der Waals surface area (Å²) in [4.78, 5) is 10.7. The fraction of sp³-hybridized carbons (Fsp3) is 0.250. The number of anilines is 1. The average molecular weight is 387 g/mol. The quantitative estimate of drug-likeness (QED) is 0.688. The van der Waals surface area contributed by atoms with Crippen LogP contribution in [0.3, 0.4) is 0 Å². The molecule has 3 aromatic rings. The van der Waals surface area contributed by atoms with E-state index in [2.05, 4.69) is 14.9 Å². The van der Waals surface area contributed by atoms with E-state index in [-0.39, 0.29) is 5.25 Å². The number of imidazole rings is 1. The predicted molar refractivity (Wildman–Crippen MR) is 102 cm³/mol. The molecule has 4 nitrogen and oxygen atoms in total. The van der Waals surface area contributed by atoms with Crippen molar-refractivity contribution in [1.82, 2.24) is 9.97 Å². The number of aromatic nitrogens is 2. The molecule has 1 aliphatic heterocycles. The standard InChI is InChI=1S/C20H19F2N3OS/c1-26-14-3-5-17-19(11-14)27-18(15-4-2-13(21)10-16(15)22)6-9-25(17)12-20-23-7-8-24-20/h2-5,7-8,10-11,18H,6,9,12H2,1H3,(H,23,24)/t18-/m1/s1. The molecule has 0 bridgehead atoms. The van der Waals surface area contributed by atoms with E-state index < -0.39 is 11.6 Å². The van der Waals surface area contributed by atoms with Crippen molar-refractivity contribution in [2.75, 3.05) is 18.6 Å². The maximum Gasteiger partial charge on any atom is 0.130 e. The third kappa shape index (κ3) is 3.78. The van der Waals surface area contributed by atoms with Crippen LogP contribution in [0.2, 0.25) is 0 Å². The molecule has 2 aromatic carbocycles. The maximum absolute atomic E-state index is 14.4. The van der Waals surface area contributed by atoms with Gasteiger partial charge < -0.3 is 14.6 Å². The average Bonchev–Trinajstić information content (AvgIpc) is 3.10. The second-order valence-electron chi connectivity index (χ2n) is 6.35. The Morgan fingerprint density at radius 3 is 2.89 bits per heavy atom. The number of H-pyrrole nitrogens is 1. The summed E-state index contributed by atoms with van der Waals surface area (Å²) in [5.41, 5.74) is 1.58. The van der Waals surface area contributed by atoms with Gasteiger partial charge in [-0.1, -0.05) is 6.07 Å². The number of ether oxygens (including phenoxy) is 1. The van der Waals surface area contributed by atoms with Crippen molar-refractivity contribution in [2.24, 2.45) is 0 Å². The first-order chi connectivity index (χ1) is 13.1. The van der Waals surface area contributed by atoms with Gasteiger partial charge in [-0.3, -0.25) is 0 Å². The molecule has 0 unspecified atom stereocenters. The van der Waals surface area contributed by atoms with Gasteiger partial charge in [0.15, 0.2) is 0 Å². The van der Waals surface area contributed by atoms with Gasteiger partial charge in [-0.2, -0.15) is 0 Å². The summed E-state index contributed by atoms with van der Waals surface area (Å²) in [6.07, 6.45) is 4.26. The highest BCUT2D eigenvalue weighted by molar-refractivity contribution is 7.99. The lowest BCUT2D eigenvalue weighted by Crippen LogP contribution is -2.24. The topological polar surface area (TPSA) is 41.1 Å². The summed E-state index contributed by atoms with van der Waals surface area (Å²) in [7, 11) is 1.63. The normalized spacial score (nSPS) is 16.7. The number of methoxy groups -OCH3 is 1. The summed E-state index contributed by atoms with van der Waals surface area (Å²) in [6, 6.07) is 9.73. The van der Waals surface area contributed by atoms with E-state index in [1.807, 2.05) is 18.2 Å². The van der Waals surface area contributed by atoms with Gasteiger partial charge >= 0.3 is 0 Å². The Bertz CT molecular complexity index is 933. The fourth-order valence-electron chi connectivity index (χ4n) is 3.29. The molecule has 0 amide bonds. The van der Waals surface area contributed by atoms with Crippen LogP contribution < -0.4 is 9.64 Å². The number of benzene rings is 2. The molecular formula is C20H19F2N3OS. The Hall–Kier alpha value is -2.54. The van der Waals surface area contributed by atoms with Gasteiger partial charge in [-0.15, -0.1) is 11.8 Å². The number of halogens is 2. The Labute approximate surface area is 160 Å². The SMILES string of the molecule is COc1ccc2c(c1)S[C@@H](c1ccc(F)cc1F)CCN2Cc1ncc[nH]1. The van der Waals surface area contributed by atoms with Gasteiger partial charge in [0.2, 0.25) is 0 Å². The Morgan fingerprint density at radius 2 is 2.15 bits per heavy atom. The zero-order valence-corrected chi connectivity index (χ0v) is 15.6. The molecule has 0 radical (unpaired) electrons. The van der Waals surface area contributed by atoms with Crippen molar-refractivity contribution in [3.63, 3.8) is 0 Å². The minimum atomic E-state index is -0.559. The minimum Gasteiger partial charge on any atom is -0.497 e. The maximum atomic E-state index is 14.4. The van der Waals surface area contributed by atoms with Crippen LogP contribution in [0.15, 0.2) is 53.7 Å². The van der Waals surface area contributed by atoms with Crippen molar-refractivity contribution in [3.05, 3.63) is 71.8 Å². The summed E-state index contributed by atoms with van der Waals surface area (Å²) >= 11 is 1.58. The molecule has 2 heterocycles. The van der Waals surface area contributed by atoms with Crippen LogP contribution in [-0.4, -0.2) is 23.6 Å². The first-order valence-electron chi connectivity index (χ1n) is 8.67. The first kappa shape index (κ1) is 17.9. The Morgan fingerprint density at radius 1 is 1.26 bits per heavy atom. The van der Waals surface area contributed by atoms with Crippen LogP contribution in [-0.2, 0) is 6.54 Å². The van der Waals surface area contributed by atoms with Crippen molar-refractivity contribution in [3.8, 4) is 5.75 Å². The monoisotopic (exact) mass is 387 g/mol. The van der Waals surface area contributed by atoms with Gasteiger partial charge in [0.1, 0.15) is 23.2 Å². The van der Waals surface area contributed by atoms with E-state index in [1.165, 1.54) is 6.07 Å². The molecule has 1 N–H and O–H groups in total. The van der Waals surface area contributed by atoms with E-state index in [4.69, 9.17) is 4.74 Å². The molecule has 140 valence electrons. The van der Waals surface area contributed by atoms with Gasteiger partial charge in [-0.25, -0.2) is 13.8 Å². The zero-order valence-electron chi connectivity index (χ0n) is 14.8. The highest BCUT2D eigenvalue weighted by atomic mass is 32.2. The van der Waals surface area contributed by atoms with Gasteiger partial charge in [0.25, 0.3) is 0 Å². The van der Waals surface area contributed by atoms with Crippen molar-refractivity contribution in [1.29, 1.82) is 0 Å². The minimum absolute atomic E-state index is 0.113. The second-order valence-corrected chi connectivity index (χ2v) is 7.60. The van der Waals surface area contributed by atoms with Crippen LogP contribution in [0.5, 0.6) is 5.75 Å². The van der Waals surface area contributed by atoms with Crippen molar-refractivity contribution >= 4 is 17.4 Å². The number of thioether (sulfide) groups is 1. The van der Waals surface area contributed by atoms with E-state index in [9.17, 15) is 8.78 Å². The molecule has 0 saturated heterocycles. The molecule has 0 aliphatic carbocycles. The van der Waals surface area contributed by atoms with Crippen LogP contribution in [0.25, 0.3) is 0 Å². The lowest BCUT2D eigenvalue weighted by Gasteiger charge is -2.23. The number of aromatic amines is 1. The van der Waals surface area contributed by atoms with E-state index in [1.54, 1.807) is 37.3 Å². The largest absolute Gasteiger partial charge is 0.497 e. The third-order valence-corrected chi connectivity index (χ3v) is 6.00. The molecule has 1 aliphatic rings. The lowest BCUT2D eigenvalue weighted by atomic mass is 10.1. The molecule has 0 fully saturated rings. The van der Waals surface area contributed by atoms with Gasteiger partial charge in [0.05, 0.1) is 19.3 Å². The number of hydrogen-bond acceptors (Lipinski definition) is 4. The lowest BCUT2D eigenvalue weighted by molar-refractivity contribution is 0.413. The zero-order chi connectivity index (χ0) is 18.8. The Kier molecular flexibility index (Phi) is 5.03. The molecule has 27 heavy (non-hydrogen) atoms. The predicted octanol–water partition coefficient (Wildman–Crippen LogP) is 4.94. The van der Waals surface area contributed by atoms with Crippen molar-refractivity contribution in [2.45, 2.75) is 23.1 Å². The molecule has 1 aromatic heterocycles. The second kappa shape index (κ2) is 7.60. The number of nitrogens with one attached hydrogen (secondary N) is 1. The molecule has 7 heteroatoms. The summed E-state index contributed by atoms with van der Waals surface area (Å²) in [6.45, 7) is 1.36. The Balaban J connectivity index is 1.70. The smallest absolute Gasteiger partial charge is 0.130 e.